The summed E-state index contributed by atoms with van der Waals surface area (Å²) in [6, 6.07) is 5.96. The lowest BCUT2D eigenvalue weighted by atomic mass is 10.0. The van der Waals surface area contributed by atoms with E-state index in [1.807, 2.05) is 0 Å². The van der Waals surface area contributed by atoms with Crippen LogP contribution in [0.2, 0.25) is 0 Å². The van der Waals surface area contributed by atoms with Crippen molar-refractivity contribution in [3.63, 3.8) is 0 Å². The third-order valence-corrected chi connectivity index (χ3v) is 3.33. The van der Waals surface area contributed by atoms with Gasteiger partial charge in [-0.1, -0.05) is 25.5 Å². The molecule has 6 heteroatoms. The molecule has 0 aliphatic heterocycles. The maximum Gasteiger partial charge on any atom is 0.387 e. The van der Waals surface area contributed by atoms with Crippen LogP contribution in [0.5, 0.6) is 5.75 Å². The summed E-state index contributed by atoms with van der Waals surface area (Å²) >= 11 is 5.73. The molecule has 1 amide bonds. The zero-order chi connectivity index (χ0) is 15.7. The molecular weight excluding hydrogens is 300 g/mol. The monoisotopic (exact) mass is 319 g/mol. The van der Waals surface area contributed by atoms with Crippen LogP contribution in [-0.2, 0) is 0 Å². The second kappa shape index (κ2) is 9.55. The van der Waals surface area contributed by atoms with Gasteiger partial charge >= 0.3 is 6.61 Å². The molecular formula is C15H20ClF2NO2. The summed E-state index contributed by atoms with van der Waals surface area (Å²) in [7, 11) is 0. The van der Waals surface area contributed by atoms with Gasteiger partial charge in [0, 0.05) is 12.4 Å². The van der Waals surface area contributed by atoms with E-state index in [1.165, 1.54) is 12.1 Å². The minimum atomic E-state index is -2.96. The molecule has 1 aromatic carbocycles. The van der Waals surface area contributed by atoms with Gasteiger partial charge in [-0.05, 0) is 30.9 Å². The maximum atomic E-state index is 12.3. The molecule has 0 aromatic heterocycles. The first-order chi connectivity index (χ1) is 10.1. The molecule has 1 aromatic rings. The molecule has 1 atom stereocenters. The van der Waals surface area contributed by atoms with E-state index in [0.717, 1.165) is 19.3 Å². The molecule has 1 rings (SSSR count). The predicted molar refractivity (Wildman–Crippen MR) is 79.1 cm³/mol. The summed E-state index contributed by atoms with van der Waals surface area (Å²) in [5.74, 6) is 0.293. The standard InChI is InChI=1S/C15H20ClF2NO2/c1-2-5-11(8-9-16)10-19-14(20)12-6-3-4-7-13(12)21-15(17)18/h3-4,6-7,11,15H,2,5,8-10H2,1H3,(H,19,20). The van der Waals surface area contributed by atoms with Gasteiger partial charge in [-0.15, -0.1) is 11.6 Å². The van der Waals surface area contributed by atoms with Crippen molar-refractivity contribution >= 4 is 17.5 Å². The summed E-state index contributed by atoms with van der Waals surface area (Å²) in [6.45, 7) is -0.417. The third-order valence-electron chi connectivity index (χ3n) is 3.11. The fourth-order valence-electron chi connectivity index (χ4n) is 2.10. The number of rotatable bonds is 9. The predicted octanol–water partition coefficient (Wildman–Crippen LogP) is 4.06. The minimum Gasteiger partial charge on any atom is -0.434 e. The Hall–Kier alpha value is -1.36. The second-order valence-corrected chi connectivity index (χ2v) is 5.10. The molecule has 1 N–H and O–H groups in total. The molecule has 118 valence electrons. The molecule has 0 aliphatic rings. The highest BCUT2D eigenvalue weighted by atomic mass is 35.5. The van der Waals surface area contributed by atoms with E-state index in [9.17, 15) is 13.6 Å². The highest BCUT2D eigenvalue weighted by Crippen LogP contribution is 2.20. The number of hydrogen-bond donors (Lipinski definition) is 1. The molecule has 0 saturated carbocycles. The van der Waals surface area contributed by atoms with Crippen LogP contribution in [0.1, 0.15) is 36.5 Å². The highest BCUT2D eigenvalue weighted by Gasteiger charge is 2.16. The van der Waals surface area contributed by atoms with E-state index in [-0.39, 0.29) is 11.3 Å². The van der Waals surface area contributed by atoms with Gasteiger partial charge in [-0.3, -0.25) is 4.79 Å². The number of para-hydroxylation sites is 1. The van der Waals surface area contributed by atoms with Crippen molar-refractivity contribution in [1.82, 2.24) is 5.32 Å². The normalized spacial score (nSPS) is 12.2. The molecule has 1 unspecified atom stereocenters. The average Bonchev–Trinajstić information content (AvgIpc) is 2.45. The fraction of sp³-hybridized carbons (Fsp3) is 0.533. The summed E-state index contributed by atoms with van der Waals surface area (Å²) in [4.78, 5) is 12.1. The van der Waals surface area contributed by atoms with Gasteiger partial charge in [0.2, 0.25) is 0 Å². The topological polar surface area (TPSA) is 38.3 Å². The molecule has 21 heavy (non-hydrogen) atoms. The van der Waals surface area contributed by atoms with E-state index < -0.39 is 12.5 Å². The van der Waals surface area contributed by atoms with Crippen molar-refractivity contribution in [2.24, 2.45) is 5.92 Å². The molecule has 0 radical (unpaired) electrons. The SMILES string of the molecule is CCCC(CCCl)CNC(=O)c1ccccc1OC(F)F. The number of nitrogens with one attached hydrogen (secondary N) is 1. The van der Waals surface area contributed by atoms with Gasteiger partial charge < -0.3 is 10.1 Å². The first-order valence-corrected chi connectivity index (χ1v) is 7.49. The number of halogens is 3. The number of ether oxygens (including phenoxy) is 1. The Morgan fingerprint density at radius 1 is 1.33 bits per heavy atom. The summed E-state index contributed by atoms with van der Waals surface area (Å²) in [5.41, 5.74) is 0.110. The Labute approximate surface area is 128 Å². The van der Waals surface area contributed by atoms with Crippen molar-refractivity contribution in [2.45, 2.75) is 32.8 Å². The second-order valence-electron chi connectivity index (χ2n) is 4.72. The first kappa shape index (κ1) is 17.7. The Kier molecular flexibility index (Phi) is 8.05. The van der Waals surface area contributed by atoms with Crippen molar-refractivity contribution in [1.29, 1.82) is 0 Å². The van der Waals surface area contributed by atoms with Crippen LogP contribution in [0.15, 0.2) is 24.3 Å². The fourth-order valence-corrected chi connectivity index (χ4v) is 2.40. The summed E-state index contributed by atoms with van der Waals surface area (Å²) in [5, 5.41) is 2.76. The van der Waals surface area contributed by atoms with Gasteiger partial charge in [0.05, 0.1) is 5.56 Å². The molecule has 0 heterocycles. The van der Waals surface area contributed by atoms with Crippen LogP contribution in [0, 0.1) is 5.92 Å². The van der Waals surface area contributed by atoms with Gasteiger partial charge in [-0.25, -0.2) is 0 Å². The quantitative estimate of drug-likeness (QED) is 0.697. The number of amides is 1. The van der Waals surface area contributed by atoms with Crippen LogP contribution < -0.4 is 10.1 Å². The van der Waals surface area contributed by atoms with E-state index in [2.05, 4.69) is 17.0 Å². The number of carbonyl (C=O) groups excluding carboxylic acids is 1. The van der Waals surface area contributed by atoms with Crippen LogP contribution in [0.4, 0.5) is 8.78 Å². The van der Waals surface area contributed by atoms with E-state index in [4.69, 9.17) is 11.6 Å². The lowest BCUT2D eigenvalue weighted by Crippen LogP contribution is -2.30. The van der Waals surface area contributed by atoms with Crippen LogP contribution in [0.3, 0.4) is 0 Å². The Bertz CT molecular complexity index is 437. The zero-order valence-electron chi connectivity index (χ0n) is 12.0. The molecule has 3 nitrogen and oxygen atoms in total. The average molecular weight is 320 g/mol. The minimum absolute atomic E-state index is 0.110. The Morgan fingerprint density at radius 3 is 2.67 bits per heavy atom. The lowest BCUT2D eigenvalue weighted by Gasteiger charge is -2.16. The molecule has 0 aliphatic carbocycles. The molecule has 0 saturated heterocycles. The largest absolute Gasteiger partial charge is 0.434 e. The van der Waals surface area contributed by atoms with Crippen molar-refractivity contribution < 1.29 is 18.3 Å². The lowest BCUT2D eigenvalue weighted by molar-refractivity contribution is -0.0501. The number of alkyl halides is 3. The summed E-state index contributed by atoms with van der Waals surface area (Å²) in [6.07, 6.45) is 2.77. The van der Waals surface area contributed by atoms with Crippen molar-refractivity contribution in [2.75, 3.05) is 12.4 Å². The van der Waals surface area contributed by atoms with E-state index in [0.29, 0.717) is 18.3 Å². The number of carbonyl (C=O) groups is 1. The van der Waals surface area contributed by atoms with E-state index >= 15 is 0 Å². The first-order valence-electron chi connectivity index (χ1n) is 6.96. The van der Waals surface area contributed by atoms with Gasteiger partial charge in [0.25, 0.3) is 5.91 Å². The van der Waals surface area contributed by atoms with Gasteiger partial charge in [-0.2, -0.15) is 8.78 Å². The number of hydrogen-bond acceptors (Lipinski definition) is 2. The highest BCUT2D eigenvalue weighted by molar-refractivity contribution is 6.17. The third kappa shape index (κ3) is 6.29. The summed E-state index contributed by atoms with van der Waals surface area (Å²) < 4.78 is 29.0. The number of benzene rings is 1. The van der Waals surface area contributed by atoms with Crippen molar-refractivity contribution in [3.8, 4) is 5.75 Å². The Balaban J connectivity index is 2.66. The van der Waals surface area contributed by atoms with Crippen LogP contribution in [0.25, 0.3) is 0 Å². The van der Waals surface area contributed by atoms with E-state index in [1.54, 1.807) is 12.1 Å². The van der Waals surface area contributed by atoms with Crippen LogP contribution >= 0.6 is 11.6 Å². The van der Waals surface area contributed by atoms with Crippen LogP contribution in [-0.4, -0.2) is 24.9 Å². The van der Waals surface area contributed by atoms with Gasteiger partial charge in [0.1, 0.15) is 5.75 Å². The van der Waals surface area contributed by atoms with Crippen molar-refractivity contribution in [3.05, 3.63) is 29.8 Å². The Morgan fingerprint density at radius 2 is 2.05 bits per heavy atom. The molecule has 0 fully saturated rings. The molecule has 0 bridgehead atoms. The van der Waals surface area contributed by atoms with Gasteiger partial charge in [0.15, 0.2) is 0 Å². The molecule has 0 spiro atoms. The maximum absolute atomic E-state index is 12.3. The smallest absolute Gasteiger partial charge is 0.387 e. The zero-order valence-corrected chi connectivity index (χ0v) is 12.7.